The normalized spacial score (nSPS) is 19.1. The summed E-state index contributed by atoms with van der Waals surface area (Å²) in [5, 5.41) is 5.04. The molecule has 3 aromatic rings. The number of aryl methyl sites for hydroxylation is 1. The van der Waals surface area contributed by atoms with Gasteiger partial charge in [0, 0.05) is 11.6 Å². The monoisotopic (exact) mass is 531 g/mol. The molecule has 0 saturated carbocycles. The molecule has 1 atom stereocenters. The summed E-state index contributed by atoms with van der Waals surface area (Å²) in [7, 11) is 0. The zero-order valence-corrected chi connectivity index (χ0v) is 24.3. The van der Waals surface area contributed by atoms with Crippen LogP contribution >= 0.6 is 0 Å². The Hall–Kier alpha value is -4.49. The number of fused-ring (bicyclic) bond motifs is 2. The van der Waals surface area contributed by atoms with Crippen LogP contribution in [0, 0.1) is 12.8 Å². The number of benzene rings is 3. The van der Waals surface area contributed by atoms with E-state index in [0.29, 0.717) is 0 Å². The second-order valence-corrected chi connectivity index (χ2v) is 11.0. The van der Waals surface area contributed by atoms with E-state index in [-0.39, 0.29) is 5.92 Å². The summed E-state index contributed by atoms with van der Waals surface area (Å²) in [4.78, 5) is 5.13. The van der Waals surface area contributed by atoms with Crippen molar-refractivity contribution in [2.45, 2.75) is 40.0 Å². The van der Waals surface area contributed by atoms with Gasteiger partial charge in [-0.1, -0.05) is 110 Å². The molecule has 0 spiro atoms. The molecule has 1 nitrogen and oxygen atoms in total. The Labute approximate surface area is 243 Å². The minimum atomic E-state index is 0.283. The van der Waals surface area contributed by atoms with E-state index in [4.69, 9.17) is 4.99 Å². The van der Waals surface area contributed by atoms with E-state index in [9.17, 15) is 0 Å². The van der Waals surface area contributed by atoms with Gasteiger partial charge in [-0.15, -0.1) is 0 Å². The highest BCUT2D eigenvalue weighted by atomic mass is 14.7. The molecule has 0 fully saturated rings. The first-order valence-corrected chi connectivity index (χ1v) is 14.7. The summed E-state index contributed by atoms with van der Waals surface area (Å²) in [5.41, 5.74) is 11.1. The summed E-state index contributed by atoms with van der Waals surface area (Å²) >= 11 is 0. The molecule has 0 aromatic heterocycles. The third-order valence-electron chi connectivity index (χ3n) is 8.49. The SMILES string of the molecule is C=C/C=c1/cc(C2=c3ccccc3=C(c3ccc(C)c(N=C(C)C4=CCCC=C4)c3)C3=CC=CCC32)cc/c1=C/C. The first-order valence-electron chi connectivity index (χ1n) is 14.7. The van der Waals surface area contributed by atoms with Crippen LogP contribution in [-0.4, -0.2) is 5.71 Å². The predicted octanol–water partition coefficient (Wildman–Crippen LogP) is 7.04. The van der Waals surface area contributed by atoms with Gasteiger partial charge in [-0.3, -0.25) is 4.99 Å². The number of allylic oxidation sites excluding steroid dienone is 9. The maximum Gasteiger partial charge on any atom is 0.0668 e. The predicted molar refractivity (Wildman–Crippen MR) is 177 cm³/mol. The second kappa shape index (κ2) is 11.6. The lowest BCUT2D eigenvalue weighted by Crippen LogP contribution is -2.38. The molecule has 202 valence electrons. The van der Waals surface area contributed by atoms with Gasteiger partial charge >= 0.3 is 0 Å². The maximum atomic E-state index is 5.13. The van der Waals surface area contributed by atoms with E-state index in [0.717, 1.165) is 30.7 Å². The molecule has 0 N–H and O–H groups in total. The largest absolute Gasteiger partial charge is 0.253 e. The average Bonchev–Trinajstić information content (AvgIpc) is 3.01. The van der Waals surface area contributed by atoms with Crippen LogP contribution in [0.5, 0.6) is 0 Å². The molecular weight excluding hydrogens is 494 g/mol. The second-order valence-electron chi connectivity index (χ2n) is 11.0. The summed E-state index contributed by atoms with van der Waals surface area (Å²) in [6.45, 7) is 10.3. The minimum Gasteiger partial charge on any atom is -0.253 e. The van der Waals surface area contributed by atoms with Crippen LogP contribution in [0.1, 0.15) is 49.8 Å². The molecule has 0 heterocycles. The fourth-order valence-corrected chi connectivity index (χ4v) is 6.41. The Balaban J connectivity index is 1.62. The van der Waals surface area contributed by atoms with Crippen molar-refractivity contribution < 1.29 is 0 Å². The van der Waals surface area contributed by atoms with Gasteiger partial charge in [0.25, 0.3) is 0 Å². The Morgan fingerprint density at radius 2 is 1.76 bits per heavy atom. The molecule has 3 aromatic carbocycles. The van der Waals surface area contributed by atoms with E-state index in [2.05, 4.69) is 137 Å². The average molecular weight is 532 g/mol. The van der Waals surface area contributed by atoms with Crippen molar-refractivity contribution in [1.82, 2.24) is 0 Å². The molecule has 0 aliphatic heterocycles. The molecular formula is C40H37N. The van der Waals surface area contributed by atoms with Crippen molar-refractivity contribution in [2.24, 2.45) is 10.9 Å². The molecule has 3 aliphatic carbocycles. The fourth-order valence-electron chi connectivity index (χ4n) is 6.41. The standard InChI is InChI=1S/C40H37N/c1-5-14-31-25-32(24-23-29(31)6-2)39-34-17-10-12-19-36(34)40(37-20-13-11-18-35(37)39)33-22-21-27(3)38(26-33)41-28(4)30-15-8-7-9-16-30/h5-6,8,10-17,19-26,35H,1,7,9,18H2,2-4H3/b29-6-,31-14-,41-28?. The zero-order valence-electron chi connectivity index (χ0n) is 24.3. The quantitative estimate of drug-likeness (QED) is 0.313. The highest BCUT2D eigenvalue weighted by molar-refractivity contribution is 6.02. The van der Waals surface area contributed by atoms with Gasteiger partial charge in [0.1, 0.15) is 0 Å². The molecule has 0 amide bonds. The Kier molecular flexibility index (Phi) is 7.53. The first-order chi connectivity index (χ1) is 20.1. The van der Waals surface area contributed by atoms with Crippen molar-refractivity contribution in [1.29, 1.82) is 0 Å². The van der Waals surface area contributed by atoms with Crippen molar-refractivity contribution in [3.05, 3.63) is 158 Å². The van der Waals surface area contributed by atoms with Crippen LogP contribution in [-0.2, 0) is 0 Å². The van der Waals surface area contributed by atoms with Gasteiger partial charge in [-0.2, -0.15) is 0 Å². The Morgan fingerprint density at radius 3 is 2.54 bits per heavy atom. The molecule has 1 heteroatoms. The number of nitrogens with zero attached hydrogens (tertiary/aromatic N) is 1. The van der Waals surface area contributed by atoms with Crippen molar-refractivity contribution in [3.63, 3.8) is 0 Å². The Morgan fingerprint density at radius 1 is 0.927 bits per heavy atom. The van der Waals surface area contributed by atoms with Gasteiger partial charge < -0.3 is 0 Å². The highest BCUT2D eigenvalue weighted by Gasteiger charge is 2.29. The third-order valence-corrected chi connectivity index (χ3v) is 8.49. The summed E-state index contributed by atoms with van der Waals surface area (Å²) in [6, 6.07) is 22.6. The number of hydrogen-bond donors (Lipinski definition) is 0. The topological polar surface area (TPSA) is 12.4 Å². The van der Waals surface area contributed by atoms with E-state index in [1.807, 2.05) is 6.08 Å². The molecule has 3 aliphatic rings. The van der Waals surface area contributed by atoms with E-state index in [1.54, 1.807) is 0 Å². The van der Waals surface area contributed by atoms with E-state index in [1.165, 1.54) is 59.9 Å². The lowest BCUT2D eigenvalue weighted by Gasteiger charge is -2.31. The Bertz CT molecular complexity index is 1950. The van der Waals surface area contributed by atoms with Crippen molar-refractivity contribution in [2.75, 3.05) is 0 Å². The van der Waals surface area contributed by atoms with Crippen molar-refractivity contribution >= 4 is 34.7 Å². The van der Waals surface area contributed by atoms with Crippen LogP contribution < -0.4 is 20.9 Å². The van der Waals surface area contributed by atoms with E-state index >= 15 is 0 Å². The first kappa shape index (κ1) is 26.7. The fraction of sp³-hybridized carbons (Fsp3) is 0.175. The van der Waals surface area contributed by atoms with Crippen LogP contribution in [0.25, 0.3) is 23.3 Å². The third kappa shape index (κ3) is 5.09. The number of aliphatic imine (C=N–C) groups is 1. The van der Waals surface area contributed by atoms with Crippen LogP contribution in [0.3, 0.4) is 0 Å². The molecule has 0 saturated heterocycles. The molecule has 0 bridgehead atoms. The van der Waals surface area contributed by atoms with Crippen LogP contribution in [0.4, 0.5) is 5.69 Å². The lowest BCUT2D eigenvalue weighted by molar-refractivity contribution is 0.797. The van der Waals surface area contributed by atoms with Gasteiger partial charge in [0.15, 0.2) is 0 Å². The lowest BCUT2D eigenvalue weighted by atomic mass is 9.72. The molecule has 41 heavy (non-hydrogen) atoms. The molecule has 1 unspecified atom stereocenters. The van der Waals surface area contributed by atoms with Crippen LogP contribution in [0.15, 0.2) is 126 Å². The summed E-state index contributed by atoms with van der Waals surface area (Å²) < 4.78 is 0. The van der Waals surface area contributed by atoms with Gasteiger partial charge in [0.2, 0.25) is 0 Å². The summed E-state index contributed by atoms with van der Waals surface area (Å²) in [5.74, 6) is 0.283. The molecule has 6 rings (SSSR count). The minimum absolute atomic E-state index is 0.283. The summed E-state index contributed by atoms with van der Waals surface area (Å²) in [6.07, 6.45) is 23.0. The van der Waals surface area contributed by atoms with Gasteiger partial charge in [-0.05, 0) is 112 Å². The zero-order chi connectivity index (χ0) is 28.3. The maximum absolute atomic E-state index is 5.13. The van der Waals surface area contributed by atoms with Crippen LogP contribution in [0.2, 0.25) is 0 Å². The smallest absolute Gasteiger partial charge is 0.0668 e. The van der Waals surface area contributed by atoms with Gasteiger partial charge in [0.05, 0.1) is 5.69 Å². The van der Waals surface area contributed by atoms with Crippen molar-refractivity contribution in [3.8, 4) is 0 Å². The number of rotatable bonds is 5. The van der Waals surface area contributed by atoms with E-state index < -0.39 is 0 Å². The highest BCUT2D eigenvalue weighted by Crippen LogP contribution is 2.40. The van der Waals surface area contributed by atoms with Gasteiger partial charge in [-0.25, -0.2) is 0 Å². The number of hydrogen-bond acceptors (Lipinski definition) is 1. The molecule has 0 radical (unpaired) electrons.